The van der Waals surface area contributed by atoms with Crippen molar-refractivity contribution in [2.75, 3.05) is 41.3 Å². The van der Waals surface area contributed by atoms with Crippen molar-refractivity contribution < 1.29 is 4.74 Å². The highest BCUT2D eigenvalue weighted by Crippen LogP contribution is 2.35. The van der Waals surface area contributed by atoms with Crippen LogP contribution >= 0.6 is 23.7 Å². The molecule has 0 unspecified atom stereocenters. The van der Waals surface area contributed by atoms with Gasteiger partial charge in [0.15, 0.2) is 5.82 Å². The van der Waals surface area contributed by atoms with Crippen LogP contribution in [-0.2, 0) is 6.42 Å². The largest absolute Gasteiger partial charge is 0.494 e. The van der Waals surface area contributed by atoms with Crippen LogP contribution in [0.1, 0.15) is 58.4 Å². The monoisotopic (exact) mass is 627 g/mol. The van der Waals surface area contributed by atoms with Crippen LogP contribution in [-0.4, -0.2) is 46.7 Å². The summed E-state index contributed by atoms with van der Waals surface area (Å²) >= 11 is 3.36. The number of fused-ring (bicyclic) bond motifs is 6. The van der Waals surface area contributed by atoms with Crippen molar-refractivity contribution in [1.29, 1.82) is 0 Å². The molecule has 6 nitrogen and oxygen atoms in total. The number of anilines is 2. The van der Waals surface area contributed by atoms with Crippen LogP contribution < -0.4 is 14.4 Å². The molecule has 0 saturated carbocycles. The summed E-state index contributed by atoms with van der Waals surface area (Å²) < 4.78 is 9.61. The molecule has 4 aromatic rings. The van der Waals surface area contributed by atoms with E-state index in [2.05, 4.69) is 85.2 Å². The highest BCUT2D eigenvalue weighted by Gasteiger charge is 2.18. The van der Waals surface area contributed by atoms with Crippen LogP contribution in [0.3, 0.4) is 0 Å². The summed E-state index contributed by atoms with van der Waals surface area (Å²) in [6.45, 7) is 9.42. The minimum atomic E-state index is 0.225. The van der Waals surface area contributed by atoms with Gasteiger partial charge in [0.25, 0.3) is 0 Å². The van der Waals surface area contributed by atoms with Gasteiger partial charge >= 0.3 is 0 Å². The van der Waals surface area contributed by atoms with Crippen LogP contribution in [0.15, 0.2) is 78.0 Å². The van der Waals surface area contributed by atoms with Gasteiger partial charge in [0.1, 0.15) is 16.6 Å². The molecule has 44 heavy (non-hydrogen) atoms. The van der Waals surface area contributed by atoms with Crippen molar-refractivity contribution in [2.24, 2.45) is 5.41 Å². The minimum absolute atomic E-state index is 0.225. The number of ether oxygens (including phenoxy) is 1. The summed E-state index contributed by atoms with van der Waals surface area (Å²) in [5.74, 6) is 3.69. The fourth-order valence-corrected chi connectivity index (χ4v) is 6.27. The van der Waals surface area contributed by atoms with E-state index in [-0.39, 0.29) is 5.41 Å². The lowest BCUT2D eigenvalue weighted by molar-refractivity contribution is 0.243. The maximum atomic E-state index is 6.17. The van der Waals surface area contributed by atoms with E-state index >= 15 is 0 Å². The van der Waals surface area contributed by atoms with E-state index in [1.165, 1.54) is 30.4 Å². The van der Waals surface area contributed by atoms with E-state index in [1.807, 2.05) is 36.2 Å². The summed E-state index contributed by atoms with van der Waals surface area (Å²) in [5.41, 5.74) is 5.41. The number of hydrogen-bond donors (Lipinski definition) is 1. The van der Waals surface area contributed by atoms with Gasteiger partial charge in [0, 0.05) is 41.9 Å². The Balaban J connectivity index is 1.49. The molecule has 0 aliphatic carbocycles. The number of nitrogens with zero attached hydrogens (tertiary/aromatic N) is 4. The Morgan fingerprint density at radius 1 is 0.932 bits per heavy atom. The van der Waals surface area contributed by atoms with Crippen LogP contribution in [0, 0.1) is 5.41 Å². The van der Waals surface area contributed by atoms with Gasteiger partial charge in [0.05, 0.1) is 24.2 Å². The number of benzene rings is 2. The molecule has 0 fully saturated rings. The maximum Gasteiger partial charge on any atom is 0.155 e. The number of hydrogen-bond acceptors (Lipinski definition) is 8. The molecule has 0 spiro atoms. The second-order valence-corrected chi connectivity index (χ2v) is 14.3. The molecule has 5 rings (SSSR count). The molecule has 1 aliphatic rings. The van der Waals surface area contributed by atoms with Crippen molar-refractivity contribution >= 4 is 35.3 Å². The third-order valence-electron chi connectivity index (χ3n) is 7.76. The van der Waals surface area contributed by atoms with Gasteiger partial charge in [-0.1, -0.05) is 76.1 Å². The molecular weight excluding hydrogens is 583 g/mol. The Morgan fingerprint density at radius 2 is 1.77 bits per heavy atom. The van der Waals surface area contributed by atoms with Gasteiger partial charge < -0.3 is 14.4 Å². The number of aromatic nitrogens is 3. The van der Waals surface area contributed by atoms with Crippen LogP contribution in [0.5, 0.6) is 5.75 Å². The number of nitrogens with one attached hydrogen (secondary N) is 1. The second-order valence-electron chi connectivity index (χ2n) is 12.5. The predicted molar refractivity (Wildman–Crippen MR) is 189 cm³/mol. The topological polar surface area (TPSA) is 63.2 Å². The van der Waals surface area contributed by atoms with E-state index in [4.69, 9.17) is 19.7 Å². The zero-order valence-corrected chi connectivity index (χ0v) is 28.1. The van der Waals surface area contributed by atoms with Gasteiger partial charge in [-0.3, -0.25) is 4.98 Å². The van der Waals surface area contributed by atoms with Gasteiger partial charge in [-0.15, -0.1) is 0 Å². The normalized spacial score (nSPS) is 14.3. The first kappa shape index (κ1) is 32.2. The van der Waals surface area contributed by atoms with E-state index in [0.29, 0.717) is 12.4 Å². The Kier molecular flexibility index (Phi) is 11.5. The zero-order valence-electron chi connectivity index (χ0n) is 26.5. The summed E-state index contributed by atoms with van der Waals surface area (Å²) in [6, 6.07) is 23.2. The molecule has 0 amide bonds. The molecule has 0 saturated heterocycles. The van der Waals surface area contributed by atoms with Gasteiger partial charge in [-0.25, -0.2) is 9.97 Å². The highest BCUT2D eigenvalue weighted by atomic mass is 32.2. The summed E-state index contributed by atoms with van der Waals surface area (Å²) in [5, 5.41) is 0.911. The highest BCUT2D eigenvalue weighted by molar-refractivity contribution is 8.00. The molecular formula is C36H45N5OS2. The van der Waals surface area contributed by atoms with Gasteiger partial charge in [-0.05, 0) is 67.2 Å². The average molecular weight is 628 g/mol. The number of thioether (sulfide) groups is 1. The number of rotatable bonds is 7. The Hall–Kier alpha value is -3.23. The fourth-order valence-electron chi connectivity index (χ4n) is 5.27. The van der Waals surface area contributed by atoms with E-state index in [9.17, 15) is 0 Å². The molecule has 2 aromatic carbocycles. The van der Waals surface area contributed by atoms with Crippen molar-refractivity contribution in [3.63, 3.8) is 0 Å². The van der Waals surface area contributed by atoms with Crippen LogP contribution in [0.25, 0.3) is 22.5 Å². The molecule has 3 heterocycles. The quantitative estimate of drug-likeness (QED) is 0.203. The standard InChI is InChI=1S/C36H45N5OS2/c1-36(2,3)20-23-42-29-16-11-15-28(25-29)34-35-30-17-9-8-14-27(30)13-7-5-6-10-21-41(22-24-43-4)32-18-12-19-33(39-32)44-40-31(38-35)26-37-34/h8-9,11-12,14-19,25-26H,5-7,10,13,20-24H2,1-4H3,(H,38,40). The third kappa shape index (κ3) is 9.14. The fraction of sp³-hybridized carbons (Fsp3) is 0.417. The number of pyridine rings is 1. The predicted octanol–water partition coefficient (Wildman–Crippen LogP) is 9.43. The first-order valence-corrected chi connectivity index (χ1v) is 17.9. The molecule has 0 radical (unpaired) electrons. The van der Waals surface area contributed by atoms with Gasteiger partial charge in [-0.2, -0.15) is 11.8 Å². The van der Waals surface area contributed by atoms with Crippen LogP contribution in [0.2, 0.25) is 0 Å². The van der Waals surface area contributed by atoms with Crippen LogP contribution in [0.4, 0.5) is 11.6 Å². The van der Waals surface area contributed by atoms with Crippen molar-refractivity contribution in [1.82, 2.24) is 15.0 Å². The molecule has 2 aromatic heterocycles. The summed E-state index contributed by atoms with van der Waals surface area (Å²) in [6.07, 6.45) is 10.7. The molecule has 0 atom stereocenters. The summed E-state index contributed by atoms with van der Waals surface area (Å²) in [7, 11) is 0. The number of aryl methyl sites for hydroxylation is 1. The van der Waals surface area contributed by atoms with E-state index in [0.717, 1.165) is 83.6 Å². The lowest BCUT2D eigenvalue weighted by atomic mass is 9.93. The first-order chi connectivity index (χ1) is 21.4. The Morgan fingerprint density at radius 3 is 2.64 bits per heavy atom. The minimum Gasteiger partial charge on any atom is -0.494 e. The first-order valence-electron chi connectivity index (χ1n) is 15.7. The van der Waals surface area contributed by atoms with Crippen molar-refractivity contribution in [3.8, 4) is 28.3 Å². The van der Waals surface area contributed by atoms with Gasteiger partial charge in [0.2, 0.25) is 0 Å². The lowest BCUT2D eigenvalue weighted by Crippen LogP contribution is -2.28. The smallest absolute Gasteiger partial charge is 0.155 e. The Bertz CT molecular complexity index is 1510. The Labute approximate surface area is 272 Å². The SMILES string of the molecule is CSCCN1CCCCCCc2ccccc2-c2nc(cnc2-c2cccc(OCCC(C)(C)C)c2)NSc2cccc1n2. The zero-order chi connectivity index (χ0) is 30.8. The molecule has 4 bridgehead atoms. The van der Waals surface area contributed by atoms with Crippen molar-refractivity contribution in [3.05, 3.63) is 78.5 Å². The molecule has 8 heteroatoms. The van der Waals surface area contributed by atoms with E-state index in [1.54, 1.807) is 0 Å². The van der Waals surface area contributed by atoms with Crippen molar-refractivity contribution in [2.45, 2.75) is 64.3 Å². The summed E-state index contributed by atoms with van der Waals surface area (Å²) in [4.78, 5) is 17.6. The second kappa shape index (κ2) is 15.7. The lowest BCUT2D eigenvalue weighted by Gasteiger charge is -2.24. The molecule has 1 N–H and O–H groups in total. The maximum absolute atomic E-state index is 6.17. The molecule has 1 aliphatic heterocycles. The average Bonchev–Trinajstić information content (AvgIpc) is 3.02. The third-order valence-corrected chi connectivity index (χ3v) is 9.09. The van der Waals surface area contributed by atoms with E-state index < -0.39 is 0 Å². The molecule has 232 valence electrons.